The average Bonchev–Trinajstić information content (AvgIpc) is 2.76. The van der Waals surface area contributed by atoms with E-state index in [1.165, 1.54) is 7.11 Å². The number of aromatic nitrogens is 4. The second kappa shape index (κ2) is 5.64. The zero-order chi connectivity index (χ0) is 14.0. The fourth-order valence-corrected chi connectivity index (χ4v) is 2.90. The fourth-order valence-electron chi connectivity index (χ4n) is 1.72. The molecule has 6 nitrogen and oxygen atoms in total. The maximum Gasteiger partial charge on any atom is 0.359 e. The molecule has 0 fully saturated rings. The number of esters is 1. The molecule has 0 amide bonds. The van der Waals surface area contributed by atoms with Crippen LogP contribution in [0.2, 0.25) is 0 Å². The molecule has 0 bridgehead atoms. The maximum absolute atomic E-state index is 11.7. The molecule has 0 aliphatic rings. The van der Waals surface area contributed by atoms with E-state index in [-0.39, 0.29) is 5.92 Å². The Bertz CT molecular complexity index is 595. The molecule has 0 aliphatic carbocycles. The molecular weight excluding hydrogens is 359 g/mol. The van der Waals surface area contributed by atoms with Gasteiger partial charge in [-0.3, -0.25) is 0 Å². The summed E-state index contributed by atoms with van der Waals surface area (Å²) >= 11 is 2.11. The Kier molecular flexibility index (Phi) is 4.13. The predicted molar refractivity (Wildman–Crippen MR) is 77.3 cm³/mol. The van der Waals surface area contributed by atoms with E-state index in [2.05, 4.69) is 37.9 Å². The number of carbonyl (C=O) groups excluding carboxylic acids is 1. The van der Waals surface area contributed by atoms with Crippen LogP contribution in [0.15, 0.2) is 18.3 Å². The van der Waals surface area contributed by atoms with Crippen LogP contribution in [0.25, 0.3) is 5.82 Å². The zero-order valence-corrected chi connectivity index (χ0v) is 13.0. The van der Waals surface area contributed by atoms with Crippen molar-refractivity contribution in [2.75, 3.05) is 7.11 Å². The lowest BCUT2D eigenvalue weighted by Gasteiger charge is -2.08. The van der Waals surface area contributed by atoms with Crippen molar-refractivity contribution in [3.8, 4) is 5.82 Å². The number of methoxy groups -OCH3 is 1. The summed E-state index contributed by atoms with van der Waals surface area (Å²) < 4.78 is 7.17. The Hall–Kier alpha value is -1.51. The van der Waals surface area contributed by atoms with E-state index in [1.807, 2.05) is 13.8 Å². The highest BCUT2D eigenvalue weighted by Crippen LogP contribution is 2.26. The van der Waals surface area contributed by atoms with Gasteiger partial charge in [-0.2, -0.15) is 10.2 Å². The van der Waals surface area contributed by atoms with Crippen molar-refractivity contribution >= 4 is 28.6 Å². The first-order valence-electron chi connectivity index (χ1n) is 5.71. The summed E-state index contributed by atoms with van der Waals surface area (Å²) in [5, 5.41) is 12.2. The van der Waals surface area contributed by atoms with Crippen LogP contribution in [0, 0.1) is 3.57 Å². The highest BCUT2D eigenvalue weighted by molar-refractivity contribution is 14.1. The Morgan fingerprint density at radius 1 is 1.47 bits per heavy atom. The third-order valence-corrected chi connectivity index (χ3v) is 3.63. The Balaban J connectivity index is 2.64. The topological polar surface area (TPSA) is 69.9 Å². The molecule has 2 aromatic rings. The summed E-state index contributed by atoms with van der Waals surface area (Å²) in [5.74, 6) is 0.327. The van der Waals surface area contributed by atoms with Crippen LogP contribution in [0.4, 0.5) is 0 Å². The fraction of sp³-hybridized carbons (Fsp3) is 0.333. The molecule has 0 saturated carbocycles. The van der Waals surface area contributed by atoms with Crippen LogP contribution in [-0.2, 0) is 4.74 Å². The zero-order valence-electron chi connectivity index (χ0n) is 10.8. The van der Waals surface area contributed by atoms with Gasteiger partial charge < -0.3 is 4.74 Å². The first-order chi connectivity index (χ1) is 9.06. The number of nitrogens with zero attached hydrogens (tertiary/aromatic N) is 4. The van der Waals surface area contributed by atoms with Crippen molar-refractivity contribution < 1.29 is 9.53 Å². The van der Waals surface area contributed by atoms with Crippen molar-refractivity contribution in [2.24, 2.45) is 0 Å². The molecule has 0 N–H and O–H groups in total. The molecule has 19 heavy (non-hydrogen) atoms. The van der Waals surface area contributed by atoms with Gasteiger partial charge in [-0.1, -0.05) is 13.8 Å². The van der Waals surface area contributed by atoms with Gasteiger partial charge >= 0.3 is 5.97 Å². The minimum absolute atomic E-state index is 0.194. The van der Waals surface area contributed by atoms with Crippen molar-refractivity contribution in [2.45, 2.75) is 19.8 Å². The summed E-state index contributed by atoms with van der Waals surface area (Å²) in [6, 6.07) is 3.57. The Morgan fingerprint density at radius 3 is 2.74 bits per heavy atom. The van der Waals surface area contributed by atoms with Crippen LogP contribution in [0.3, 0.4) is 0 Å². The van der Waals surface area contributed by atoms with E-state index < -0.39 is 5.97 Å². The molecule has 0 atom stereocenters. The van der Waals surface area contributed by atoms with E-state index in [9.17, 15) is 4.79 Å². The lowest BCUT2D eigenvalue weighted by molar-refractivity contribution is 0.0592. The second-order valence-electron chi connectivity index (χ2n) is 4.19. The minimum Gasteiger partial charge on any atom is -0.464 e. The SMILES string of the molecule is COC(=O)c1nn(-c2cccnn2)c(C(C)C)c1I. The van der Waals surface area contributed by atoms with Gasteiger partial charge in [0.05, 0.1) is 16.4 Å². The molecule has 0 saturated heterocycles. The number of rotatable bonds is 3. The number of hydrogen-bond acceptors (Lipinski definition) is 5. The van der Waals surface area contributed by atoms with Crippen LogP contribution in [0.5, 0.6) is 0 Å². The second-order valence-corrected chi connectivity index (χ2v) is 5.27. The van der Waals surface area contributed by atoms with Gasteiger partial charge in [-0.25, -0.2) is 9.48 Å². The first-order valence-corrected chi connectivity index (χ1v) is 6.79. The van der Waals surface area contributed by atoms with Gasteiger partial charge in [0.2, 0.25) is 0 Å². The number of ether oxygens (including phenoxy) is 1. The predicted octanol–water partition coefficient (Wildman–Crippen LogP) is 2.18. The van der Waals surface area contributed by atoms with E-state index in [0.717, 1.165) is 9.26 Å². The summed E-state index contributed by atoms with van der Waals surface area (Å²) in [4.78, 5) is 11.7. The van der Waals surface area contributed by atoms with Crippen LogP contribution in [-0.4, -0.2) is 33.1 Å². The molecule has 2 aromatic heterocycles. The molecule has 0 spiro atoms. The number of halogens is 1. The molecular formula is C12H13IN4O2. The van der Waals surface area contributed by atoms with E-state index in [0.29, 0.717) is 11.5 Å². The average molecular weight is 372 g/mol. The van der Waals surface area contributed by atoms with Crippen LogP contribution >= 0.6 is 22.6 Å². The summed E-state index contributed by atoms with van der Waals surface area (Å²) in [6.07, 6.45) is 1.59. The Morgan fingerprint density at radius 2 is 2.21 bits per heavy atom. The number of hydrogen-bond donors (Lipinski definition) is 0. The molecule has 0 aromatic carbocycles. The highest BCUT2D eigenvalue weighted by atomic mass is 127. The summed E-state index contributed by atoms with van der Waals surface area (Å²) in [5.41, 5.74) is 1.22. The van der Waals surface area contributed by atoms with E-state index >= 15 is 0 Å². The standard InChI is InChI=1S/C12H13IN4O2/c1-7(2)11-9(13)10(12(18)19-3)16-17(11)8-5-4-6-14-15-8/h4-7H,1-3H3. The van der Waals surface area contributed by atoms with Crippen LogP contribution < -0.4 is 0 Å². The van der Waals surface area contributed by atoms with Crippen molar-refractivity contribution in [1.29, 1.82) is 0 Å². The molecule has 0 aliphatic heterocycles. The largest absolute Gasteiger partial charge is 0.464 e. The maximum atomic E-state index is 11.7. The molecule has 0 unspecified atom stereocenters. The van der Waals surface area contributed by atoms with Crippen molar-refractivity contribution in [3.05, 3.63) is 33.3 Å². The van der Waals surface area contributed by atoms with Crippen LogP contribution in [0.1, 0.15) is 35.9 Å². The molecule has 100 valence electrons. The first kappa shape index (κ1) is 13.9. The van der Waals surface area contributed by atoms with Gasteiger partial charge in [-0.05, 0) is 40.6 Å². The van der Waals surface area contributed by atoms with Gasteiger partial charge in [0.1, 0.15) is 0 Å². The lowest BCUT2D eigenvalue weighted by atomic mass is 10.1. The third-order valence-electron chi connectivity index (χ3n) is 2.56. The highest BCUT2D eigenvalue weighted by Gasteiger charge is 2.24. The monoisotopic (exact) mass is 372 g/mol. The molecule has 2 rings (SSSR count). The van der Waals surface area contributed by atoms with Gasteiger partial charge in [0, 0.05) is 6.20 Å². The minimum atomic E-state index is -0.450. The van der Waals surface area contributed by atoms with Crippen molar-refractivity contribution in [3.63, 3.8) is 0 Å². The summed E-state index contributed by atoms with van der Waals surface area (Å²) in [7, 11) is 1.34. The molecule has 0 radical (unpaired) electrons. The quantitative estimate of drug-likeness (QED) is 0.610. The van der Waals surface area contributed by atoms with E-state index in [1.54, 1.807) is 23.0 Å². The normalized spacial score (nSPS) is 10.8. The summed E-state index contributed by atoms with van der Waals surface area (Å²) in [6.45, 7) is 4.07. The lowest BCUT2D eigenvalue weighted by Crippen LogP contribution is -2.07. The van der Waals surface area contributed by atoms with Crippen molar-refractivity contribution in [1.82, 2.24) is 20.0 Å². The van der Waals surface area contributed by atoms with Gasteiger partial charge in [-0.15, -0.1) is 5.10 Å². The Labute approximate surface area is 124 Å². The molecule has 2 heterocycles. The molecule has 7 heteroatoms. The smallest absolute Gasteiger partial charge is 0.359 e. The third kappa shape index (κ3) is 2.60. The van der Waals surface area contributed by atoms with Gasteiger partial charge in [0.25, 0.3) is 0 Å². The van der Waals surface area contributed by atoms with Gasteiger partial charge in [0.15, 0.2) is 11.5 Å². The number of carbonyl (C=O) groups is 1. The van der Waals surface area contributed by atoms with E-state index in [4.69, 9.17) is 4.74 Å².